The molecule has 1 atom stereocenters. The van der Waals surface area contributed by atoms with E-state index in [2.05, 4.69) is 20.6 Å². The number of aryl methyl sites for hydroxylation is 1. The number of rotatable bonds is 4. The summed E-state index contributed by atoms with van der Waals surface area (Å²) < 4.78 is 13.1. The lowest BCUT2D eigenvalue weighted by atomic mass is 10.0. The van der Waals surface area contributed by atoms with Gasteiger partial charge in [0.25, 0.3) is 0 Å². The van der Waals surface area contributed by atoms with E-state index in [-0.39, 0.29) is 17.8 Å². The number of nitrogens with one attached hydrogen (secondary N) is 1. The molecule has 1 aliphatic heterocycles. The van der Waals surface area contributed by atoms with Crippen LogP contribution in [0.15, 0.2) is 29.6 Å². The van der Waals surface area contributed by atoms with E-state index in [9.17, 15) is 9.18 Å². The van der Waals surface area contributed by atoms with E-state index >= 15 is 0 Å². The average Bonchev–Trinajstić information content (AvgIpc) is 2.92. The van der Waals surface area contributed by atoms with Crippen molar-refractivity contribution in [3.8, 4) is 0 Å². The van der Waals surface area contributed by atoms with Crippen LogP contribution in [-0.2, 0) is 11.2 Å². The number of piperazine rings is 1. The first-order chi connectivity index (χ1) is 10.6. The molecule has 1 amide bonds. The second kappa shape index (κ2) is 6.54. The van der Waals surface area contributed by atoms with Gasteiger partial charge in [0, 0.05) is 31.4 Å². The summed E-state index contributed by atoms with van der Waals surface area (Å²) >= 11 is 1.64. The predicted octanol–water partition coefficient (Wildman–Crippen LogP) is 2.31. The number of hydrogen-bond donors (Lipinski definition) is 1. The monoisotopic (exact) mass is 319 g/mol. The van der Waals surface area contributed by atoms with Crippen molar-refractivity contribution in [2.45, 2.75) is 19.4 Å². The minimum absolute atomic E-state index is 0.0210. The predicted molar refractivity (Wildman–Crippen MR) is 84.3 cm³/mol. The molecule has 1 aliphatic rings. The molecule has 3 rings (SSSR count). The minimum atomic E-state index is -0.353. The number of nitrogens with zero attached hydrogens (tertiary/aromatic N) is 2. The van der Waals surface area contributed by atoms with Crippen LogP contribution < -0.4 is 5.32 Å². The third kappa shape index (κ3) is 3.34. The summed E-state index contributed by atoms with van der Waals surface area (Å²) in [7, 11) is 0. The van der Waals surface area contributed by atoms with Gasteiger partial charge in [-0.05, 0) is 24.6 Å². The summed E-state index contributed by atoms with van der Waals surface area (Å²) in [5.74, 6) is -0.309. The SMILES string of the molecule is Cc1nc(CCN2CCNC(=O)[C@H]2c2ccc(F)cc2)cs1. The Kier molecular flexibility index (Phi) is 4.49. The van der Waals surface area contributed by atoms with Gasteiger partial charge >= 0.3 is 0 Å². The van der Waals surface area contributed by atoms with Crippen molar-refractivity contribution in [3.05, 3.63) is 51.7 Å². The van der Waals surface area contributed by atoms with Gasteiger partial charge in [-0.1, -0.05) is 12.1 Å². The number of carbonyl (C=O) groups excluding carboxylic acids is 1. The van der Waals surface area contributed by atoms with Gasteiger partial charge in [0.15, 0.2) is 0 Å². The lowest BCUT2D eigenvalue weighted by molar-refractivity contribution is -0.129. The molecule has 1 aromatic carbocycles. The van der Waals surface area contributed by atoms with Crippen molar-refractivity contribution in [2.75, 3.05) is 19.6 Å². The normalized spacial score (nSPS) is 19.2. The maximum Gasteiger partial charge on any atom is 0.242 e. The zero-order chi connectivity index (χ0) is 15.5. The van der Waals surface area contributed by atoms with Crippen LogP contribution >= 0.6 is 11.3 Å². The van der Waals surface area contributed by atoms with Crippen LogP contribution in [-0.4, -0.2) is 35.4 Å². The number of halogens is 1. The Labute approximate surface area is 133 Å². The molecule has 1 saturated heterocycles. The lowest BCUT2D eigenvalue weighted by Crippen LogP contribution is -2.50. The van der Waals surface area contributed by atoms with Gasteiger partial charge in [-0.15, -0.1) is 11.3 Å². The Bertz CT molecular complexity index is 656. The number of carbonyl (C=O) groups is 1. The van der Waals surface area contributed by atoms with Gasteiger partial charge in [-0.3, -0.25) is 9.69 Å². The number of hydrogen-bond acceptors (Lipinski definition) is 4. The van der Waals surface area contributed by atoms with Crippen molar-refractivity contribution >= 4 is 17.2 Å². The van der Waals surface area contributed by atoms with E-state index in [1.54, 1.807) is 23.5 Å². The van der Waals surface area contributed by atoms with Crippen LogP contribution in [0.1, 0.15) is 22.3 Å². The highest BCUT2D eigenvalue weighted by Crippen LogP contribution is 2.24. The zero-order valence-corrected chi connectivity index (χ0v) is 13.2. The van der Waals surface area contributed by atoms with Crippen molar-refractivity contribution in [1.29, 1.82) is 0 Å². The topological polar surface area (TPSA) is 45.2 Å². The molecule has 116 valence electrons. The zero-order valence-electron chi connectivity index (χ0n) is 12.4. The van der Waals surface area contributed by atoms with Gasteiger partial charge in [-0.2, -0.15) is 0 Å². The summed E-state index contributed by atoms with van der Waals surface area (Å²) in [4.78, 5) is 18.9. The number of thiazole rings is 1. The largest absolute Gasteiger partial charge is 0.353 e. The van der Waals surface area contributed by atoms with Crippen molar-refractivity contribution in [2.24, 2.45) is 0 Å². The van der Waals surface area contributed by atoms with Gasteiger partial charge in [0.1, 0.15) is 11.9 Å². The molecule has 0 saturated carbocycles. The quantitative estimate of drug-likeness (QED) is 0.940. The summed E-state index contributed by atoms with van der Waals surface area (Å²) in [6.07, 6.45) is 0.815. The van der Waals surface area contributed by atoms with E-state index in [4.69, 9.17) is 0 Å². The van der Waals surface area contributed by atoms with Gasteiger partial charge < -0.3 is 5.32 Å². The smallest absolute Gasteiger partial charge is 0.242 e. The molecular formula is C16H18FN3OS. The van der Waals surface area contributed by atoms with E-state index in [0.717, 1.165) is 35.8 Å². The Morgan fingerprint density at radius 2 is 2.18 bits per heavy atom. The van der Waals surface area contributed by atoms with Crippen molar-refractivity contribution in [1.82, 2.24) is 15.2 Å². The van der Waals surface area contributed by atoms with Crippen molar-refractivity contribution < 1.29 is 9.18 Å². The molecule has 22 heavy (non-hydrogen) atoms. The second-order valence-electron chi connectivity index (χ2n) is 5.39. The minimum Gasteiger partial charge on any atom is -0.353 e. The molecule has 0 aliphatic carbocycles. The first-order valence-electron chi connectivity index (χ1n) is 7.32. The third-order valence-corrected chi connectivity index (χ3v) is 4.64. The molecule has 1 N–H and O–H groups in total. The summed E-state index contributed by atoms with van der Waals surface area (Å²) in [6, 6.07) is 5.82. The molecule has 0 bridgehead atoms. The molecule has 2 heterocycles. The number of amides is 1. The first-order valence-corrected chi connectivity index (χ1v) is 8.19. The molecule has 1 aromatic heterocycles. The lowest BCUT2D eigenvalue weighted by Gasteiger charge is -2.35. The van der Waals surface area contributed by atoms with Crippen LogP contribution in [0.3, 0.4) is 0 Å². The van der Waals surface area contributed by atoms with Crippen LogP contribution in [0, 0.1) is 12.7 Å². The molecule has 4 nitrogen and oxygen atoms in total. The molecular weight excluding hydrogens is 301 g/mol. The highest BCUT2D eigenvalue weighted by atomic mass is 32.1. The first kappa shape index (κ1) is 15.1. The van der Waals surface area contributed by atoms with Gasteiger partial charge in [0.05, 0.1) is 10.7 Å². The molecule has 0 spiro atoms. The molecule has 0 radical (unpaired) electrons. The van der Waals surface area contributed by atoms with Crippen LogP contribution in [0.4, 0.5) is 4.39 Å². The summed E-state index contributed by atoms with van der Waals surface area (Å²) in [5, 5.41) is 6.01. The van der Waals surface area contributed by atoms with E-state index < -0.39 is 0 Å². The fraction of sp³-hybridized carbons (Fsp3) is 0.375. The number of aromatic nitrogens is 1. The standard InChI is InChI=1S/C16H18FN3OS/c1-11-19-14(10-22-11)6-8-20-9-7-18-16(21)15(20)12-2-4-13(17)5-3-12/h2-5,10,15H,6-9H2,1H3,(H,18,21)/t15-/m1/s1. The Balaban J connectivity index is 1.74. The van der Waals surface area contributed by atoms with E-state index in [0.29, 0.717) is 6.54 Å². The third-order valence-electron chi connectivity index (χ3n) is 3.82. The fourth-order valence-electron chi connectivity index (χ4n) is 2.74. The fourth-order valence-corrected chi connectivity index (χ4v) is 3.39. The highest BCUT2D eigenvalue weighted by molar-refractivity contribution is 7.09. The number of benzene rings is 1. The Morgan fingerprint density at radius 1 is 1.41 bits per heavy atom. The molecule has 6 heteroatoms. The Morgan fingerprint density at radius 3 is 2.86 bits per heavy atom. The molecule has 0 unspecified atom stereocenters. The maximum atomic E-state index is 13.1. The van der Waals surface area contributed by atoms with Crippen LogP contribution in [0.2, 0.25) is 0 Å². The maximum absolute atomic E-state index is 13.1. The summed E-state index contributed by atoms with van der Waals surface area (Å²) in [6.45, 7) is 4.19. The van der Waals surface area contributed by atoms with E-state index in [1.807, 2.05) is 6.92 Å². The molecule has 2 aromatic rings. The van der Waals surface area contributed by atoms with Crippen molar-refractivity contribution in [3.63, 3.8) is 0 Å². The van der Waals surface area contributed by atoms with E-state index in [1.165, 1.54) is 12.1 Å². The summed E-state index contributed by atoms with van der Waals surface area (Å²) in [5.41, 5.74) is 1.89. The second-order valence-corrected chi connectivity index (χ2v) is 6.45. The molecule has 1 fully saturated rings. The van der Waals surface area contributed by atoms with Crippen LogP contribution in [0.25, 0.3) is 0 Å². The highest BCUT2D eigenvalue weighted by Gasteiger charge is 2.30. The van der Waals surface area contributed by atoms with Gasteiger partial charge in [0.2, 0.25) is 5.91 Å². The Hall–Kier alpha value is -1.79. The van der Waals surface area contributed by atoms with Gasteiger partial charge in [-0.25, -0.2) is 9.37 Å². The average molecular weight is 319 g/mol. The van der Waals surface area contributed by atoms with Crippen LogP contribution in [0.5, 0.6) is 0 Å².